The number of aliphatic hydroxyl groups excluding tert-OH is 2. The van der Waals surface area contributed by atoms with Gasteiger partial charge in [-0.1, -0.05) is 0 Å². The third kappa shape index (κ3) is 3.88. The van der Waals surface area contributed by atoms with Gasteiger partial charge in [-0.2, -0.15) is 0 Å². The molecular formula is C15H16N7O9P. The summed E-state index contributed by atoms with van der Waals surface area (Å²) in [5.74, 6) is -2.06. The molecule has 2 fully saturated rings. The van der Waals surface area contributed by atoms with E-state index in [1.165, 1.54) is 10.9 Å². The number of hydrogen-bond donors (Lipinski definition) is 3. The van der Waals surface area contributed by atoms with Gasteiger partial charge in [-0.3, -0.25) is 19.2 Å². The van der Waals surface area contributed by atoms with E-state index in [9.17, 15) is 24.5 Å². The van der Waals surface area contributed by atoms with Crippen LogP contribution in [0.1, 0.15) is 13.2 Å². The highest BCUT2D eigenvalue weighted by Crippen LogP contribution is 2.49. The largest absolute Gasteiger partial charge is 0.756 e. The van der Waals surface area contributed by atoms with Crippen LogP contribution in [-0.2, 0) is 27.9 Å². The maximum absolute atomic E-state index is 12.3. The number of rotatable bonds is 5. The monoisotopic (exact) mass is 469 g/mol. The Morgan fingerprint density at radius 1 is 1.50 bits per heavy atom. The first kappa shape index (κ1) is 22.0. The number of phosphoric acid groups is 1. The average Bonchev–Trinajstić information content (AvgIpc) is 3.30. The SMILES string of the molecule is CCO/C(O)=C(\[N+]#N)C(=O)Nc1ncnc2c1ncn2[C@@H]1OC2COP(=O)([O-])OC2[C@H]1O. The van der Waals surface area contributed by atoms with Gasteiger partial charge in [-0.05, 0) is 6.92 Å². The number of diazo groups is 1. The molecule has 16 nitrogen and oxygen atoms in total. The molecular weight excluding hydrogens is 453 g/mol. The van der Waals surface area contributed by atoms with Crippen LogP contribution in [0.2, 0.25) is 0 Å². The topological polar surface area (TPSA) is 218 Å². The molecule has 32 heavy (non-hydrogen) atoms. The molecule has 5 atom stereocenters. The molecule has 4 rings (SSSR count). The predicted octanol–water partition coefficient (Wildman–Crippen LogP) is -0.476. The van der Waals surface area contributed by atoms with Gasteiger partial charge >= 0.3 is 17.5 Å². The van der Waals surface area contributed by atoms with E-state index in [2.05, 4.69) is 29.8 Å². The van der Waals surface area contributed by atoms with E-state index in [0.29, 0.717) is 0 Å². The van der Waals surface area contributed by atoms with Gasteiger partial charge in [0, 0.05) is 0 Å². The quantitative estimate of drug-likeness (QED) is 0.218. The van der Waals surface area contributed by atoms with Crippen molar-refractivity contribution >= 4 is 30.7 Å². The molecule has 2 aliphatic rings. The zero-order valence-corrected chi connectivity index (χ0v) is 17.2. The number of aliphatic hydroxyl groups is 2. The number of nitrogens with zero attached hydrogens (tertiary/aromatic N) is 6. The van der Waals surface area contributed by atoms with Gasteiger partial charge in [0.1, 0.15) is 24.6 Å². The summed E-state index contributed by atoms with van der Waals surface area (Å²) in [5.41, 5.74) is -0.619. The Morgan fingerprint density at radius 2 is 2.28 bits per heavy atom. The minimum absolute atomic E-state index is 0.0164. The van der Waals surface area contributed by atoms with Crippen LogP contribution in [0.3, 0.4) is 0 Å². The average molecular weight is 469 g/mol. The summed E-state index contributed by atoms with van der Waals surface area (Å²) in [5, 5.41) is 31.5. The van der Waals surface area contributed by atoms with Crippen molar-refractivity contribution in [3.05, 3.63) is 29.3 Å². The lowest BCUT2D eigenvalue weighted by atomic mass is 10.1. The Morgan fingerprint density at radius 3 is 3.00 bits per heavy atom. The van der Waals surface area contributed by atoms with Crippen molar-refractivity contribution < 1.29 is 43.0 Å². The number of carbonyl (C=O) groups is 1. The Bertz CT molecular complexity index is 1180. The second-order valence-corrected chi connectivity index (χ2v) is 7.92. The molecule has 2 aromatic heterocycles. The lowest BCUT2D eigenvalue weighted by molar-refractivity contribution is -0.245. The molecule has 0 radical (unpaired) electrons. The van der Waals surface area contributed by atoms with E-state index in [1.807, 2.05) is 0 Å². The molecule has 1 amide bonds. The van der Waals surface area contributed by atoms with Crippen LogP contribution < -0.4 is 10.2 Å². The van der Waals surface area contributed by atoms with Crippen molar-refractivity contribution in [2.24, 2.45) is 0 Å². The molecule has 170 valence electrons. The number of hydrogen-bond acceptors (Lipinski definition) is 13. The first-order valence-electron chi connectivity index (χ1n) is 9.13. The van der Waals surface area contributed by atoms with E-state index < -0.39 is 49.9 Å². The van der Waals surface area contributed by atoms with E-state index in [-0.39, 0.29) is 30.2 Å². The normalized spacial score (nSPS) is 30.3. The Hall–Kier alpha value is -3.19. The van der Waals surface area contributed by atoms with Gasteiger partial charge in [0.15, 0.2) is 28.2 Å². The van der Waals surface area contributed by atoms with Crippen LogP contribution in [0.5, 0.6) is 0 Å². The van der Waals surface area contributed by atoms with Crippen LogP contribution in [0, 0.1) is 5.39 Å². The van der Waals surface area contributed by atoms with Crippen LogP contribution in [0.25, 0.3) is 16.1 Å². The van der Waals surface area contributed by atoms with Gasteiger partial charge in [0.25, 0.3) is 7.82 Å². The van der Waals surface area contributed by atoms with E-state index in [0.717, 1.165) is 6.33 Å². The Kier molecular flexibility index (Phi) is 5.77. The molecule has 0 aromatic carbocycles. The number of anilines is 1. The van der Waals surface area contributed by atoms with Crippen LogP contribution >= 0.6 is 7.82 Å². The predicted molar refractivity (Wildman–Crippen MR) is 98.7 cm³/mol. The third-order valence-corrected chi connectivity index (χ3v) is 5.59. The smallest absolute Gasteiger partial charge is 0.527 e. The first-order chi connectivity index (χ1) is 15.3. The molecule has 0 aliphatic carbocycles. The zero-order chi connectivity index (χ0) is 23.0. The summed E-state index contributed by atoms with van der Waals surface area (Å²) in [7, 11) is -4.55. The molecule has 0 saturated carbocycles. The number of ether oxygens (including phenoxy) is 2. The van der Waals surface area contributed by atoms with Gasteiger partial charge in [0.2, 0.25) is 5.39 Å². The summed E-state index contributed by atoms with van der Waals surface area (Å²) in [6, 6.07) is 0. The van der Waals surface area contributed by atoms with Crippen molar-refractivity contribution in [1.29, 1.82) is 5.39 Å². The highest BCUT2D eigenvalue weighted by Gasteiger charge is 2.50. The summed E-state index contributed by atoms with van der Waals surface area (Å²) < 4.78 is 32.7. The molecule has 2 aromatic rings. The maximum atomic E-state index is 12.3. The molecule has 0 spiro atoms. The minimum atomic E-state index is -4.55. The standard InChI is InChI=1S/C15H16N7O9P/c1-2-28-15(25)8(21-16)13(24)20-11-7-12(18-4-17-11)22(5-19-7)14-9(23)10-6(30-14)3-29-32(26,27)31-10/h4-6,9-10,14,23H,2-3H2,1H3,(H2-,17,18,20,24,25,26,27)/t6?,9-,10?,14-/m1/s1. The van der Waals surface area contributed by atoms with Gasteiger partial charge < -0.3 is 33.6 Å². The maximum Gasteiger partial charge on any atom is 0.527 e. The molecule has 3 unspecified atom stereocenters. The third-order valence-electron chi connectivity index (χ3n) is 4.62. The highest BCUT2D eigenvalue weighted by atomic mass is 31.2. The fourth-order valence-corrected chi connectivity index (χ4v) is 4.19. The Balaban J connectivity index is 1.62. The highest BCUT2D eigenvalue weighted by molar-refractivity contribution is 7.45. The molecule has 17 heteroatoms. The van der Waals surface area contributed by atoms with Crippen molar-refractivity contribution in [2.45, 2.75) is 31.5 Å². The minimum Gasteiger partial charge on any atom is -0.756 e. The van der Waals surface area contributed by atoms with Crippen molar-refractivity contribution in [1.82, 2.24) is 19.5 Å². The number of imidazole rings is 1. The molecule has 2 aliphatic heterocycles. The van der Waals surface area contributed by atoms with Crippen LogP contribution in [-0.4, -0.2) is 67.2 Å². The first-order valence-corrected chi connectivity index (χ1v) is 10.6. The van der Waals surface area contributed by atoms with Gasteiger partial charge in [-0.25, -0.2) is 15.0 Å². The lowest BCUT2D eigenvalue weighted by Crippen LogP contribution is -2.41. The number of carbonyl (C=O) groups excluding carboxylic acids is 1. The summed E-state index contributed by atoms with van der Waals surface area (Å²) in [6.07, 6.45) is -2.25. The molecule has 0 bridgehead atoms. The van der Waals surface area contributed by atoms with Gasteiger partial charge in [0.05, 0.1) is 19.5 Å². The van der Waals surface area contributed by atoms with E-state index in [1.54, 1.807) is 6.92 Å². The van der Waals surface area contributed by atoms with E-state index in [4.69, 9.17) is 19.4 Å². The van der Waals surface area contributed by atoms with Crippen LogP contribution in [0.15, 0.2) is 24.3 Å². The van der Waals surface area contributed by atoms with E-state index >= 15 is 0 Å². The van der Waals surface area contributed by atoms with Crippen molar-refractivity contribution in [3.8, 4) is 0 Å². The number of nitrogens with one attached hydrogen (secondary N) is 1. The Labute approximate surface area is 178 Å². The lowest BCUT2D eigenvalue weighted by Gasteiger charge is -2.34. The number of aromatic nitrogens is 4. The van der Waals surface area contributed by atoms with Gasteiger partial charge in [-0.15, -0.1) is 0 Å². The fraction of sp³-hybridized carbons (Fsp3) is 0.467. The number of amides is 1. The molecule has 3 N–H and O–H groups in total. The van der Waals surface area contributed by atoms with Crippen LogP contribution in [0.4, 0.5) is 5.82 Å². The molecule has 2 saturated heterocycles. The number of phosphoric ester groups is 1. The van der Waals surface area contributed by atoms with Crippen molar-refractivity contribution in [3.63, 3.8) is 0 Å². The zero-order valence-electron chi connectivity index (χ0n) is 16.3. The second kappa shape index (κ2) is 8.39. The summed E-state index contributed by atoms with van der Waals surface area (Å²) >= 11 is 0. The summed E-state index contributed by atoms with van der Waals surface area (Å²) in [4.78, 5) is 38.7. The number of fused-ring (bicyclic) bond motifs is 2. The summed E-state index contributed by atoms with van der Waals surface area (Å²) in [6.45, 7) is 1.24. The fourth-order valence-electron chi connectivity index (χ4n) is 3.24. The second-order valence-electron chi connectivity index (χ2n) is 6.56. The molecule has 4 heterocycles. The van der Waals surface area contributed by atoms with Crippen molar-refractivity contribution in [2.75, 3.05) is 18.5 Å².